The highest BCUT2D eigenvalue weighted by atomic mass is 32.2. The zero-order valence-corrected chi connectivity index (χ0v) is 17.9. The van der Waals surface area contributed by atoms with Gasteiger partial charge in [-0.15, -0.1) is 0 Å². The molecule has 0 aliphatic carbocycles. The number of hydrogen-bond donors (Lipinski definition) is 3. The fourth-order valence-corrected chi connectivity index (χ4v) is 4.01. The van der Waals surface area contributed by atoms with Crippen LogP contribution in [-0.4, -0.2) is 37.0 Å². The molecule has 0 saturated heterocycles. The van der Waals surface area contributed by atoms with Gasteiger partial charge >= 0.3 is 0 Å². The van der Waals surface area contributed by atoms with E-state index in [9.17, 15) is 13.2 Å². The summed E-state index contributed by atoms with van der Waals surface area (Å²) in [7, 11) is -3.71. The molecule has 1 aromatic heterocycles. The monoisotopic (exact) mass is 446 g/mol. The maximum atomic E-state index is 12.3. The highest BCUT2D eigenvalue weighted by Crippen LogP contribution is 2.17. The minimum absolute atomic E-state index is 0.00985. The van der Waals surface area contributed by atoms with Gasteiger partial charge in [-0.05, 0) is 61.6 Å². The molecule has 3 N–H and O–H groups in total. The van der Waals surface area contributed by atoms with Crippen LogP contribution in [0.3, 0.4) is 0 Å². The number of ether oxygens (including phenoxy) is 1. The molecule has 3 aromatic rings. The number of H-pyrrole nitrogens is 1. The predicted octanol–water partition coefficient (Wildman–Crippen LogP) is 3.24. The Bertz CT molecular complexity index is 1170. The molecule has 1 amide bonds. The second-order valence-corrected chi connectivity index (χ2v) is 8.44. The number of nitrogens with one attached hydrogen (secondary N) is 3. The van der Waals surface area contributed by atoms with Crippen molar-refractivity contribution in [3.05, 3.63) is 65.7 Å². The normalized spacial score (nSPS) is 11.2. The molecule has 0 spiro atoms. The number of carbonyl (C=O) groups excluding carboxylic acids is 1. The zero-order chi connectivity index (χ0) is 21.6. The lowest BCUT2D eigenvalue weighted by atomic mass is 10.2. The van der Waals surface area contributed by atoms with Gasteiger partial charge in [0.05, 0.1) is 11.5 Å². The van der Waals surface area contributed by atoms with E-state index in [1.165, 1.54) is 12.1 Å². The highest BCUT2D eigenvalue weighted by Gasteiger charge is 2.14. The van der Waals surface area contributed by atoms with Gasteiger partial charge in [-0.3, -0.25) is 9.36 Å². The average Bonchev–Trinajstić information content (AvgIpc) is 3.15. The molecule has 0 fully saturated rings. The molecule has 158 valence electrons. The number of benzene rings is 2. The summed E-state index contributed by atoms with van der Waals surface area (Å²) in [6.07, 6.45) is 3.51. The minimum atomic E-state index is -3.71. The van der Waals surface area contributed by atoms with Crippen molar-refractivity contribution in [2.24, 2.45) is 0 Å². The summed E-state index contributed by atoms with van der Waals surface area (Å²) in [5.41, 5.74) is 1.39. The van der Waals surface area contributed by atoms with E-state index in [0.717, 1.165) is 5.69 Å². The molecule has 0 radical (unpaired) electrons. The molecule has 30 heavy (non-hydrogen) atoms. The lowest BCUT2D eigenvalue weighted by Crippen LogP contribution is -2.27. The summed E-state index contributed by atoms with van der Waals surface area (Å²) in [6.45, 7) is 2.33. The first-order valence-electron chi connectivity index (χ1n) is 9.28. The first-order valence-corrected chi connectivity index (χ1v) is 11.2. The quantitative estimate of drug-likeness (QED) is 0.438. The Kier molecular flexibility index (Phi) is 7.03. The van der Waals surface area contributed by atoms with Crippen molar-refractivity contribution in [2.45, 2.75) is 18.2 Å². The van der Waals surface area contributed by atoms with Crippen LogP contribution in [0.1, 0.15) is 13.3 Å². The van der Waals surface area contributed by atoms with Crippen molar-refractivity contribution in [2.75, 3.05) is 18.5 Å². The van der Waals surface area contributed by atoms with Gasteiger partial charge in [0.15, 0.2) is 4.77 Å². The third kappa shape index (κ3) is 5.56. The fraction of sp³-hybridized carbons (Fsp3) is 0.200. The van der Waals surface area contributed by atoms with E-state index in [1.807, 2.05) is 13.0 Å². The number of amides is 1. The van der Waals surface area contributed by atoms with Gasteiger partial charge in [0.25, 0.3) is 0 Å². The largest absolute Gasteiger partial charge is 0.494 e. The number of rotatable bonds is 9. The second kappa shape index (κ2) is 9.70. The fourth-order valence-electron chi connectivity index (χ4n) is 2.74. The Labute approximate surface area is 180 Å². The van der Waals surface area contributed by atoms with Gasteiger partial charge in [0.1, 0.15) is 5.75 Å². The third-order valence-electron chi connectivity index (χ3n) is 4.15. The van der Waals surface area contributed by atoms with Crippen LogP contribution in [0.4, 0.5) is 5.69 Å². The number of aromatic nitrogens is 2. The molecule has 0 bridgehead atoms. The highest BCUT2D eigenvalue weighted by molar-refractivity contribution is 7.89. The molecule has 0 saturated carbocycles. The summed E-state index contributed by atoms with van der Waals surface area (Å²) < 4.78 is 34.8. The summed E-state index contributed by atoms with van der Waals surface area (Å²) in [6, 6.07) is 13.3. The molecule has 0 aliphatic heterocycles. The zero-order valence-electron chi connectivity index (χ0n) is 16.3. The summed E-state index contributed by atoms with van der Waals surface area (Å²) >= 11 is 5.20. The van der Waals surface area contributed by atoms with Crippen LogP contribution in [0.15, 0.2) is 65.8 Å². The summed E-state index contributed by atoms with van der Waals surface area (Å²) in [5.74, 6) is 0.290. The van der Waals surface area contributed by atoms with E-state index in [-0.39, 0.29) is 23.8 Å². The molecule has 0 atom stereocenters. The minimum Gasteiger partial charge on any atom is -0.494 e. The molecule has 1 heterocycles. The topological polar surface area (TPSA) is 105 Å². The van der Waals surface area contributed by atoms with Gasteiger partial charge in [0, 0.05) is 36.7 Å². The van der Waals surface area contributed by atoms with E-state index in [0.29, 0.717) is 22.8 Å². The van der Waals surface area contributed by atoms with E-state index >= 15 is 0 Å². The van der Waals surface area contributed by atoms with Crippen molar-refractivity contribution in [1.82, 2.24) is 14.3 Å². The van der Waals surface area contributed by atoms with Gasteiger partial charge < -0.3 is 15.0 Å². The maximum Gasteiger partial charge on any atom is 0.240 e. The van der Waals surface area contributed by atoms with Crippen LogP contribution in [0.2, 0.25) is 0 Å². The Morgan fingerprint density at radius 3 is 2.63 bits per heavy atom. The number of sulfonamides is 1. The number of anilines is 1. The number of aromatic amines is 1. The Morgan fingerprint density at radius 2 is 1.97 bits per heavy atom. The van der Waals surface area contributed by atoms with Gasteiger partial charge in [0.2, 0.25) is 15.9 Å². The van der Waals surface area contributed by atoms with Crippen molar-refractivity contribution >= 4 is 33.8 Å². The summed E-state index contributed by atoms with van der Waals surface area (Å²) in [5, 5.41) is 2.76. The van der Waals surface area contributed by atoms with Gasteiger partial charge in [-0.2, -0.15) is 0 Å². The van der Waals surface area contributed by atoms with Crippen molar-refractivity contribution < 1.29 is 17.9 Å². The van der Waals surface area contributed by atoms with Crippen LogP contribution in [0, 0.1) is 4.77 Å². The van der Waals surface area contributed by atoms with Crippen LogP contribution in [0.25, 0.3) is 5.69 Å². The van der Waals surface area contributed by atoms with E-state index in [2.05, 4.69) is 15.0 Å². The molecular formula is C20H22N4O4S2. The molecule has 3 rings (SSSR count). The lowest BCUT2D eigenvalue weighted by Gasteiger charge is -2.10. The number of carbonyl (C=O) groups is 1. The van der Waals surface area contributed by atoms with Crippen LogP contribution < -0.4 is 14.8 Å². The molecular weight excluding hydrogens is 424 g/mol. The third-order valence-corrected chi connectivity index (χ3v) is 5.94. The molecule has 0 aliphatic rings. The predicted molar refractivity (Wildman–Crippen MR) is 117 cm³/mol. The van der Waals surface area contributed by atoms with Gasteiger partial charge in [-0.1, -0.05) is 6.07 Å². The standard InChI is InChI=1S/C20H22N4O4S2/c1-2-28-17-6-8-18(9-7-17)30(26,27)22-11-10-19(25)23-15-4-3-5-16(14-15)24-13-12-21-20(24)29/h3-9,12-14,22H,2,10-11H2,1H3,(H,21,29)(H,23,25). The first kappa shape index (κ1) is 21.8. The number of hydrogen-bond acceptors (Lipinski definition) is 5. The Hall–Kier alpha value is -2.95. The van der Waals surface area contributed by atoms with Crippen molar-refractivity contribution in [3.8, 4) is 11.4 Å². The van der Waals surface area contributed by atoms with Gasteiger partial charge in [-0.25, -0.2) is 13.1 Å². The van der Waals surface area contributed by atoms with Crippen molar-refractivity contribution in [1.29, 1.82) is 0 Å². The smallest absolute Gasteiger partial charge is 0.240 e. The average molecular weight is 447 g/mol. The number of imidazole rings is 1. The van der Waals surface area contributed by atoms with Crippen LogP contribution >= 0.6 is 12.2 Å². The summed E-state index contributed by atoms with van der Waals surface area (Å²) in [4.78, 5) is 15.2. The molecule has 10 heteroatoms. The molecule has 0 unspecified atom stereocenters. The molecule has 2 aromatic carbocycles. The Balaban J connectivity index is 1.55. The molecule has 8 nitrogen and oxygen atoms in total. The van der Waals surface area contributed by atoms with Crippen molar-refractivity contribution in [3.63, 3.8) is 0 Å². The Morgan fingerprint density at radius 1 is 1.20 bits per heavy atom. The van der Waals surface area contributed by atoms with Crippen LogP contribution in [-0.2, 0) is 14.8 Å². The maximum absolute atomic E-state index is 12.3. The van der Waals surface area contributed by atoms with E-state index in [4.69, 9.17) is 17.0 Å². The van der Waals surface area contributed by atoms with Crippen LogP contribution in [0.5, 0.6) is 5.75 Å². The van der Waals surface area contributed by atoms with E-state index in [1.54, 1.807) is 47.3 Å². The SMILES string of the molecule is CCOc1ccc(S(=O)(=O)NCCC(=O)Nc2cccc(-n3cc[nH]c3=S)c2)cc1. The first-order chi connectivity index (χ1) is 14.4. The second-order valence-electron chi connectivity index (χ2n) is 6.29. The lowest BCUT2D eigenvalue weighted by molar-refractivity contribution is -0.116. The van der Waals surface area contributed by atoms with E-state index < -0.39 is 10.0 Å². The number of nitrogens with zero attached hydrogens (tertiary/aromatic N) is 1.